The third-order valence-electron chi connectivity index (χ3n) is 1.77. The second-order valence-electron chi connectivity index (χ2n) is 3.34. The van der Waals surface area contributed by atoms with Gasteiger partial charge < -0.3 is 9.29 Å². The standard InChI is InChI=1S/C7H14O5S/c1-4-7(2,3)6(8)12-5-13(9,10)11/h4-5H2,1-3H3,(H,9,10,11)/p-1. The first-order valence-electron chi connectivity index (χ1n) is 3.80. The topological polar surface area (TPSA) is 83.5 Å². The molecular formula is C7H13O5S-. The highest BCUT2D eigenvalue weighted by molar-refractivity contribution is 7.85. The van der Waals surface area contributed by atoms with Gasteiger partial charge in [0, 0.05) is 0 Å². The monoisotopic (exact) mass is 209 g/mol. The predicted octanol–water partition coefficient (Wildman–Crippen LogP) is 0.468. The number of carbonyl (C=O) groups is 1. The molecule has 0 unspecified atom stereocenters. The molecule has 5 nitrogen and oxygen atoms in total. The lowest BCUT2D eigenvalue weighted by molar-refractivity contribution is -0.152. The summed E-state index contributed by atoms with van der Waals surface area (Å²) in [4.78, 5) is 11.1. The van der Waals surface area contributed by atoms with Gasteiger partial charge in [-0.3, -0.25) is 4.79 Å². The average molecular weight is 209 g/mol. The minimum atomic E-state index is -4.48. The van der Waals surface area contributed by atoms with Crippen molar-refractivity contribution in [3.8, 4) is 0 Å². The van der Waals surface area contributed by atoms with Crippen LogP contribution in [0.25, 0.3) is 0 Å². The molecule has 78 valence electrons. The molecule has 0 saturated carbocycles. The Bertz CT molecular complexity index is 277. The van der Waals surface area contributed by atoms with E-state index in [1.54, 1.807) is 20.8 Å². The molecule has 0 amide bonds. The first kappa shape index (κ1) is 12.4. The first-order chi connectivity index (χ1) is 5.69. The van der Waals surface area contributed by atoms with Crippen LogP contribution in [0.3, 0.4) is 0 Å². The van der Waals surface area contributed by atoms with E-state index in [2.05, 4.69) is 4.74 Å². The largest absolute Gasteiger partial charge is 0.745 e. The number of esters is 1. The molecule has 0 spiro atoms. The molecule has 0 heterocycles. The zero-order valence-electron chi connectivity index (χ0n) is 7.86. The fourth-order valence-electron chi connectivity index (χ4n) is 0.465. The van der Waals surface area contributed by atoms with Gasteiger partial charge in [-0.1, -0.05) is 6.92 Å². The van der Waals surface area contributed by atoms with E-state index >= 15 is 0 Å². The third kappa shape index (κ3) is 4.84. The molecule has 0 bridgehead atoms. The van der Waals surface area contributed by atoms with E-state index in [4.69, 9.17) is 0 Å². The molecule has 6 heteroatoms. The lowest BCUT2D eigenvalue weighted by atomic mass is 9.91. The van der Waals surface area contributed by atoms with E-state index in [-0.39, 0.29) is 0 Å². The van der Waals surface area contributed by atoms with E-state index in [0.29, 0.717) is 6.42 Å². The molecule has 0 N–H and O–H groups in total. The van der Waals surface area contributed by atoms with Gasteiger partial charge in [0.05, 0.1) is 5.41 Å². The van der Waals surface area contributed by atoms with Gasteiger partial charge in [0.15, 0.2) is 5.94 Å². The summed E-state index contributed by atoms with van der Waals surface area (Å²) in [6.45, 7) is 5.01. The predicted molar refractivity (Wildman–Crippen MR) is 44.7 cm³/mol. The zero-order valence-corrected chi connectivity index (χ0v) is 8.68. The Kier molecular flexibility index (Phi) is 3.87. The van der Waals surface area contributed by atoms with Gasteiger partial charge in [-0.2, -0.15) is 0 Å². The number of ether oxygens (including phenoxy) is 1. The van der Waals surface area contributed by atoms with Gasteiger partial charge in [-0.25, -0.2) is 8.42 Å². The van der Waals surface area contributed by atoms with E-state index < -0.39 is 27.4 Å². The molecule has 13 heavy (non-hydrogen) atoms. The van der Waals surface area contributed by atoms with Crippen LogP contribution in [-0.2, 0) is 19.6 Å². The van der Waals surface area contributed by atoms with Crippen molar-refractivity contribution < 1.29 is 22.5 Å². The Balaban J connectivity index is 4.19. The molecule has 0 aliphatic heterocycles. The van der Waals surface area contributed by atoms with E-state index in [0.717, 1.165) is 0 Å². The average Bonchev–Trinajstić information content (AvgIpc) is 1.98. The van der Waals surface area contributed by atoms with E-state index in [1.165, 1.54) is 0 Å². The van der Waals surface area contributed by atoms with Gasteiger partial charge in [-0.05, 0) is 20.3 Å². The van der Waals surface area contributed by atoms with Crippen LogP contribution >= 0.6 is 0 Å². The van der Waals surface area contributed by atoms with Gasteiger partial charge in [0.25, 0.3) is 0 Å². The normalized spacial score (nSPS) is 12.6. The van der Waals surface area contributed by atoms with Crippen LogP contribution in [-0.4, -0.2) is 24.9 Å². The molecule has 0 aromatic heterocycles. The van der Waals surface area contributed by atoms with Crippen molar-refractivity contribution in [2.45, 2.75) is 27.2 Å². The van der Waals surface area contributed by atoms with Crippen molar-refractivity contribution in [2.75, 3.05) is 5.94 Å². The zero-order chi connectivity index (χ0) is 10.7. The molecule has 0 atom stereocenters. The summed E-state index contributed by atoms with van der Waals surface area (Å²) in [7, 11) is -4.48. The van der Waals surface area contributed by atoms with Crippen molar-refractivity contribution in [1.82, 2.24) is 0 Å². The summed E-state index contributed by atoms with van der Waals surface area (Å²) in [5.41, 5.74) is -0.745. The minimum absolute atomic E-state index is 0.519. The number of carbonyl (C=O) groups excluding carboxylic acids is 1. The smallest absolute Gasteiger partial charge is 0.312 e. The Hall–Kier alpha value is -0.620. The quantitative estimate of drug-likeness (QED) is 0.496. The fraction of sp³-hybridized carbons (Fsp3) is 0.857. The highest BCUT2D eigenvalue weighted by atomic mass is 32.2. The van der Waals surface area contributed by atoms with Gasteiger partial charge in [-0.15, -0.1) is 0 Å². The van der Waals surface area contributed by atoms with Crippen LogP contribution in [0, 0.1) is 5.41 Å². The number of hydrogen-bond donors (Lipinski definition) is 0. The van der Waals surface area contributed by atoms with Crippen molar-refractivity contribution in [1.29, 1.82) is 0 Å². The fourth-order valence-corrected chi connectivity index (χ4v) is 0.717. The van der Waals surface area contributed by atoms with Crippen molar-refractivity contribution in [3.05, 3.63) is 0 Å². The van der Waals surface area contributed by atoms with Crippen LogP contribution in [0.1, 0.15) is 27.2 Å². The SMILES string of the molecule is CCC(C)(C)C(=O)OCS(=O)(=O)[O-]. The number of rotatable bonds is 4. The first-order valence-corrected chi connectivity index (χ1v) is 5.37. The summed E-state index contributed by atoms with van der Waals surface area (Å²) in [6.07, 6.45) is 0.519. The Morgan fingerprint density at radius 2 is 1.92 bits per heavy atom. The maximum Gasteiger partial charge on any atom is 0.312 e. The van der Waals surface area contributed by atoms with E-state index in [9.17, 15) is 17.8 Å². The second-order valence-corrected chi connectivity index (χ2v) is 4.70. The maximum atomic E-state index is 11.1. The lowest BCUT2D eigenvalue weighted by Gasteiger charge is -2.20. The molecule has 0 aromatic rings. The molecule has 0 aromatic carbocycles. The van der Waals surface area contributed by atoms with Crippen LogP contribution < -0.4 is 0 Å². The van der Waals surface area contributed by atoms with Crippen LogP contribution in [0.2, 0.25) is 0 Å². The lowest BCUT2D eigenvalue weighted by Crippen LogP contribution is -2.27. The highest BCUT2D eigenvalue weighted by Gasteiger charge is 2.27. The molecule has 0 saturated heterocycles. The number of hydrogen-bond acceptors (Lipinski definition) is 5. The summed E-state index contributed by atoms with van der Waals surface area (Å²) >= 11 is 0. The summed E-state index contributed by atoms with van der Waals surface area (Å²) < 4.78 is 34.7. The van der Waals surface area contributed by atoms with Gasteiger partial charge in [0.2, 0.25) is 0 Å². The maximum absolute atomic E-state index is 11.1. The summed E-state index contributed by atoms with van der Waals surface area (Å²) in [6, 6.07) is 0. The molecule has 0 radical (unpaired) electrons. The summed E-state index contributed by atoms with van der Waals surface area (Å²) in [5.74, 6) is -1.76. The molecule has 0 rings (SSSR count). The van der Waals surface area contributed by atoms with Gasteiger partial charge >= 0.3 is 5.97 Å². The molecule has 0 fully saturated rings. The molecule has 0 aliphatic carbocycles. The Labute approximate surface area is 77.8 Å². The molecular weight excluding hydrogens is 196 g/mol. The Morgan fingerprint density at radius 3 is 2.23 bits per heavy atom. The van der Waals surface area contributed by atoms with Crippen molar-refractivity contribution in [2.24, 2.45) is 5.41 Å². The van der Waals surface area contributed by atoms with Crippen molar-refractivity contribution >= 4 is 16.1 Å². The van der Waals surface area contributed by atoms with Crippen LogP contribution in [0.5, 0.6) is 0 Å². The minimum Gasteiger partial charge on any atom is -0.745 e. The van der Waals surface area contributed by atoms with E-state index in [1.807, 2.05) is 0 Å². The van der Waals surface area contributed by atoms with Gasteiger partial charge in [0.1, 0.15) is 10.1 Å². The summed E-state index contributed by atoms with van der Waals surface area (Å²) in [5, 5.41) is 0. The highest BCUT2D eigenvalue weighted by Crippen LogP contribution is 2.21. The molecule has 0 aliphatic rings. The third-order valence-corrected chi connectivity index (χ3v) is 2.18. The van der Waals surface area contributed by atoms with Crippen LogP contribution in [0.4, 0.5) is 0 Å². The second kappa shape index (κ2) is 4.06. The van der Waals surface area contributed by atoms with Crippen LogP contribution in [0.15, 0.2) is 0 Å². The van der Waals surface area contributed by atoms with Crippen molar-refractivity contribution in [3.63, 3.8) is 0 Å². The Morgan fingerprint density at radius 1 is 1.46 bits per heavy atom.